The smallest absolute Gasteiger partial charge is 0.0608 e. The van der Waals surface area contributed by atoms with E-state index in [1.165, 1.54) is 0 Å². The molecule has 0 unspecified atom stereocenters. The maximum Gasteiger partial charge on any atom is 0.0608 e. The van der Waals surface area contributed by atoms with Gasteiger partial charge in [-0.3, -0.25) is 5.01 Å². The molecule has 0 aromatic carbocycles. The van der Waals surface area contributed by atoms with Gasteiger partial charge in [0.1, 0.15) is 0 Å². The Bertz CT molecular complexity index is 143. The summed E-state index contributed by atoms with van der Waals surface area (Å²) in [6.07, 6.45) is 2.41. The van der Waals surface area contributed by atoms with Crippen LogP contribution in [0.25, 0.3) is 0 Å². The molecule has 0 aromatic rings. The summed E-state index contributed by atoms with van der Waals surface area (Å²) in [6.45, 7) is 0.672. The van der Waals surface area contributed by atoms with Gasteiger partial charge in [0.2, 0.25) is 0 Å². The Kier molecular flexibility index (Phi) is 3.06. The van der Waals surface area contributed by atoms with Crippen LogP contribution in [0.5, 0.6) is 0 Å². The Morgan fingerprint density at radius 3 is 2.50 bits per heavy atom. The summed E-state index contributed by atoms with van der Waals surface area (Å²) in [5.74, 6) is 0. The van der Waals surface area contributed by atoms with Crippen LogP contribution in [0.1, 0.15) is 12.8 Å². The third kappa shape index (κ3) is 1.95. The van der Waals surface area contributed by atoms with Gasteiger partial charge in [0, 0.05) is 33.3 Å². The molecule has 12 heavy (non-hydrogen) atoms. The van der Waals surface area contributed by atoms with E-state index in [2.05, 4.69) is 5.43 Å². The first-order valence-electron chi connectivity index (χ1n) is 4.30. The van der Waals surface area contributed by atoms with Crippen molar-refractivity contribution in [3.05, 3.63) is 0 Å². The Labute approximate surface area is 74.0 Å². The second kappa shape index (κ2) is 3.70. The maximum atomic E-state index is 5.69. The summed E-state index contributed by atoms with van der Waals surface area (Å²) in [4.78, 5) is 0. The topological polar surface area (TPSA) is 50.5 Å². The molecule has 72 valence electrons. The highest BCUT2D eigenvalue weighted by molar-refractivity contribution is 5.01. The van der Waals surface area contributed by atoms with Crippen LogP contribution >= 0.6 is 0 Å². The molecule has 0 aliphatic heterocycles. The largest absolute Gasteiger partial charge is 0.381 e. The van der Waals surface area contributed by atoms with E-state index in [0.29, 0.717) is 12.6 Å². The third-order valence-electron chi connectivity index (χ3n) is 2.42. The normalized spacial score (nSPS) is 35.2. The highest BCUT2D eigenvalue weighted by atomic mass is 16.5. The average Bonchev–Trinajstić information content (AvgIpc) is 1.95. The minimum absolute atomic E-state index is 0.0875. The molecule has 1 aliphatic rings. The number of nitrogens with zero attached hydrogens (tertiary/aromatic N) is 1. The van der Waals surface area contributed by atoms with Gasteiger partial charge in [-0.2, -0.15) is 0 Å². The first-order valence-corrected chi connectivity index (χ1v) is 4.30. The second-order valence-electron chi connectivity index (χ2n) is 3.76. The molecule has 4 nitrogen and oxygen atoms in total. The molecule has 3 N–H and O–H groups in total. The minimum Gasteiger partial charge on any atom is -0.381 e. The number of hydrogen-bond acceptors (Lipinski definition) is 4. The van der Waals surface area contributed by atoms with Crippen molar-refractivity contribution in [2.75, 3.05) is 27.7 Å². The van der Waals surface area contributed by atoms with Crippen molar-refractivity contribution in [1.82, 2.24) is 10.4 Å². The van der Waals surface area contributed by atoms with Crippen molar-refractivity contribution >= 4 is 0 Å². The van der Waals surface area contributed by atoms with E-state index < -0.39 is 0 Å². The first kappa shape index (κ1) is 9.92. The lowest BCUT2D eigenvalue weighted by molar-refractivity contribution is -0.0506. The summed E-state index contributed by atoms with van der Waals surface area (Å²) in [6, 6.07) is 0. The van der Waals surface area contributed by atoms with Gasteiger partial charge >= 0.3 is 0 Å². The van der Waals surface area contributed by atoms with Crippen LogP contribution in [0, 0.1) is 0 Å². The van der Waals surface area contributed by atoms with Crippen molar-refractivity contribution in [1.29, 1.82) is 0 Å². The fraction of sp³-hybridized carbons (Fsp3) is 1.00. The van der Waals surface area contributed by atoms with Crippen molar-refractivity contribution in [2.45, 2.75) is 24.5 Å². The van der Waals surface area contributed by atoms with Gasteiger partial charge in [0.05, 0.1) is 6.10 Å². The number of hydrazine groups is 1. The molecule has 0 aromatic heterocycles. The lowest BCUT2D eigenvalue weighted by atomic mass is 9.75. The fourth-order valence-electron chi connectivity index (χ4n) is 1.76. The molecule has 0 bridgehead atoms. The zero-order valence-electron chi connectivity index (χ0n) is 8.13. The molecule has 1 rings (SSSR count). The van der Waals surface area contributed by atoms with Crippen LogP contribution in [-0.4, -0.2) is 44.4 Å². The number of hydrogen-bond donors (Lipinski definition) is 2. The molecule has 4 heteroatoms. The van der Waals surface area contributed by atoms with Gasteiger partial charge < -0.3 is 10.5 Å². The van der Waals surface area contributed by atoms with Crippen molar-refractivity contribution in [2.24, 2.45) is 5.73 Å². The molecule has 0 radical (unpaired) electrons. The maximum absolute atomic E-state index is 5.69. The number of methoxy groups -OCH3 is 1. The summed E-state index contributed by atoms with van der Waals surface area (Å²) in [7, 11) is 5.72. The number of nitrogens with two attached hydrogens (primary N) is 1. The van der Waals surface area contributed by atoms with Gasteiger partial charge in [0.25, 0.3) is 0 Å². The molecule has 0 heterocycles. The van der Waals surface area contributed by atoms with E-state index >= 15 is 0 Å². The molecule has 1 fully saturated rings. The van der Waals surface area contributed by atoms with Gasteiger partial charge in [-0.15, -0.1) is 0 Å². The summed E-state index contributed by atoms with van der Waals surface area (Å²) >= 11 is 0. The Hall–Kier alpha value is -0.160. The zero-order valence-corrected chi connectivity index (χ0v) is 8.13. The van der Waals surface area contributed by atoms with Crippen molar-refractivity contribution < 1.29 is 4.74 Å². The van der Waals surface area contributed by atoms with E-state index in [9.17, 15) is 0 Å². The van der Waals surface area contributed by atoms with Crippen molar-refractivity contribution in [3.63, 3.8) is 0 Å². The van der Waals surface area contributed by atoms with Gasteiger partial charge in [-0.25, -0.2) is 5.43 Å². The average molecular weight is 173 g/mol. The Morgan fingerprint density at radius 1 is 1.58 bits per heavy atom. The van der Waals surface area contributed by atoms with Crippen molar-refractivity contribution in [3.8, 4) is 0 Å². The van der Waals surface area contributed by atoms with Crippen LogP contribution in [0.4, 0.5) is 0 Å². The third-order valence-corrected chi connectivity index (χ3v) is 2.42. The van der Waals surface area contributed by atoms with E-state index in [4.69, 9.17) is 10.5 Å². The van der Waals surface area contributed by atoms with Crippen LogP contribution in [-0.2, 0) is 4.74 Å². The van der Waals surface area contributed by atoms with Gasteiger partial charge in [-0.1, -0.05) is 0 Å². The second-order valence-corrected chi connectivity index (χ2v) is 3.76. The number of rotatable bonds is 4. The molecular formula is C8H19N3O. The van der Waals surface area contributed by atoms with Gasteiger partial charge in [0.15, 0.2) is 0 Å². The van der Waals surface area contributed by atoms with Crippen LogP contribution < -0.4 is 11.2 Å². The van der Waals surface area contributed by atoms with E-state index in [-0.39, 0.29) is 5.54 Å². The quantitative estimate of drug-likeness (QED) is 0.566. The molecule has 0 saturated heterocycles. The number of ether oxygens (including phenoxy) is 1. The monoisotopic (exact) mass is 173 g/mol. The predicted molar refractivity (Wildman–Crippen MR) is 48.6 cm³/mol. The molecule has 0 spiro atoms. The molecule has 0 amide bonds. The first-order chi connectivity index (χ1) is 5.62. The lowest BCUT2D eigenvalue weighted by Gasteiger charge is -2.48. The molecule has 0 atom stereocenters. The Morgan fingerprint density at radius 2 is 2.17 bits per heavy atom. The molecule has 1 aliphatic carbocycles. The van der Waals surface area contributed by atoms with Crippen LogP contribution in [0.15, 0.2) is 0 Å². The molecular weight excluding hydrogens is 154 g/mol. The van der Waals surface area contributed by atoms with E-state index in [0.717, 1.165) is 12.8 Å². The number of nitrogens with one attached hydrogen (secondary N) is 1. The lowest BCUT2D eigenvalue weighted by Crippen LogP contribution is -2.65. The molecule has 1 saturated carbocycles. The summed E-state index contributed by atoms with van der Waals surface area (Å²) in [5.41, 5.74) is 9.11. The highest BCUT2D eigenvalue weighted by Crippen LogP contribution is 2.33. The van der Waals surface area contributed by atoms with Crippen LogP contribution in [0.2, 0.25) is 0 Å². The predicted octanol–water partition coefficient (Wildman–Crippen LogP) is -0.441. The van der Waals surface area contributed by atoms with Crippen LogP contribution in [0.3, 0.4) is 0 Å². The van der Waals surface area contributed by atoms with Gasteiger partial charge in [-0.05, 0) is 12.8 Å². The van der Waals surface area contributed by atoms with E-state index in [1.54, 1.807) is 7.11 Å². The van der Waals surface area contributed by atoms with E-state index in [1.807, 2.05) is 19.1 Å². The highest BCUT2D eigenvalue weighted by Gasteiger charge is 2.43. The summed E-state index contributed by atoms with van der Waals surface area (Å²) < 4.78 is 5.21. The summed E-state index contributed by atoms with van der Waals surface area (Å²) in [5, 5.41) is 1.96. The SMILES string of the molecule is COC1CC(CN)(NN(C)C)C1. The Balaban J connectivity index is 2.36. The standard InChI is InChI=1S/C8H19N3O/c1-11(2)10-8(6-9)4-7(5-8)12-3/h7,10H,4-6,9H2,1-3H3. The zero-order chi connectivity index (χ0) is 9.19. The fourth-order valence-corrected chi connectivity index (χ4v) is 1.76. The minimum atomic E-state index is 0.0875.